The van der Waals surface area contributed by atoms with Gasteiger partial charge in [0.25, 0.3) is 11.7 Å². The number of aliphatic hydroxyl groups excluding tert-OH is 1. The molecule has 186 valence electrons. The maximum atomic E-state index is 14.3. The minimum absolute atomic E-state index is 0.0109. The summed E-state index contributed by atoms with van der Waals surface area (Å²) in [4.78, 5) is 30.0. The van der Waals surface area contributed by atoms with Crippen LogP contribution in [0.5, 0.6) is 11.5 Å². The van der Waals surface area contributed by atoms with Gasteiger partial charge in [0, 0.05) is 31.7 Å². The molecule has 2 aliphatic heterocycles. The number of halogens is 1. The third-order valence-corrected chi connectivity index (χ3v) is 6.37. The minimum Gasteiger partial charge on any atom is -0.507 e. The first-order valence-electron chi connectivity index (χ1n) is 11.5. The lowest BCUT2D eigenvalue weighted by molar-refractivity contribution is -0.140. The fourth-order valence-corrected chi connectivity index (χ4v) is 4.50. The number of rotatable bonds is 8. The average Bonchev–Trinajstić information content (AvgIpc) is 3.14. The second kappa shape index (κ2) is 10.9. The lowest BCUT2D eigenvalue weighted by atomic mass is 9.95. The monoisotopic (exact) mass is 484 g/mol. The molecule has 1 amide bonds. The van der Waals surface area contributed by atoms with Gasteiger partial charge in [0.05, 0.1) is 39.0 Å². The van der Waals surface area contributed by atoms with E-state index >= 15 is 0 Å². The number of hydrogen-bond acceptors (Lipinski definition) is 7. The molecule has 9 heteroatoms. The van der Waals surface area contributed by atoms with E-state index in [9.17, 15) is 19.1 Å². The van der Waals surface area contributed by atoms with Crippen molar-refractivity contribution in [3.05, 3.63) is 65.0 Å². The Morgan fingerprint density at radius 3 is 2.40 bits per heavy atom. The zero-order chi connectivity index (χ0) is 24.9. The van der Waals surface area contributed by atoms with E-state index < -0.39 is 29.3 Å². The third-order valence-electron chi connectivity index (χ3n) is 6.37. The standard InChI is InChI=1S/C26H29FN2O6/c1-33-19-7-4-17(5-8-19)23-22(24(30)18-6-9-21(34-2)20(27)16-18)25(31)26(32)29(23)11-3-10-28-12-14-35-15-13-28/h4-9,16,23,30H,3,10-15H2,1-2H3/t23-/m0/s1. The molecule has 2 saturated heterocycles. The molecule has 2 aromatic rings. The van der Waals surface area contributed by atoms with Crippen LogP contribution in [-0.2, 0) is 14.3 Å². The SMILES string of the molecule is COc1ccc([C@H]2C(=C(O)c3ccc(OC)c(F)c3)C(=O)C(=O)N2CCCN2CCOCC2)cc1. The van der Waals surface area contributed by atoms with Crippen LogP contribution in [0.1, 0.15) is 23.6 Å². The van der Waals surface area contributed by atoms with Crippen LogP contribution in [0.15, 0.2) is 48.0 Å². The van der Waals surface area contributed by atoms with Crippen molar-refractivity contribution in [3.8, 4) is 11.5 Å². The number of ketones is 1. The van der Waals surface area contributed by atoms with Gasteiger partial charge in [-0.25, -0.2) is 4.39 Å². The fourth-order valence-electron chi connectivity index (χ4n) is 4.50. The molecular formula is C26H29FN2O6. The second-order valence-corrected chi connectivity index (χ2v) is 8.42. The number of Topliss-reactive ketones (excluding diaryl/α,β-unsaturated/α-hetero) is 1. The summed E-state index contributed by atoms with van der Waals surface area (Å²) in [5.74, 6) is -1.97. The van der Waals surface area contributed by atoms with E-state index in [4.69, 9.17) is 14.2 Å². The van der Waals surface area contributed by atoms with Crippen LogP contribution in [0, 0.1) is 5.82 Å². The van der Waals surface area contributed by atoms with Gasteiger partial charge in [-0.05, 0) is 42.3 Å². The van der Waals surface area contributed by atoms with Crippen molar-refractivity contribution >= 4 is 17.4 Å². The van der Waals surface area contributed by atoms with Crippen molar-refractivity contribution in [1.29, 1.82) is 0 Å². The molecule has 0 aliphatic carbocycles. The summed E-state index contributed by atoms with van der Waals surface area (Å²) in [6, 6.07) is 10.1. The van der Waals surface area contributed by atoms with Crippen LogP contribution < -0.4 is 9.47 Å². The molecule has 1 atom stereocenters. The lowest BCUT2D eigenvalue weighted by Gasteiger charge is -2.29. The molecule has 2 aliphatic rings. The van der Waals surface area contributed by atoms with Gasteiger partial charge in [-0.1, -0.05) is 12.1 Å². The highest BCUT2D eigenvalue weighted by Gasteiger charge is 2.45. The number of ether oxygens (including phenoxy) is 3. The van der Waals surface area contributed by atoms with E-state index in [0.29, 0.717) is 37.5 Å². The first-order valence-corrected chi connectivity index (χ1v) is 11.5. The maximum Gasteiger partial charge on any atom is 0.295 e. The predicted molar refractivity (Wildman–Crippen MR) is 127 cm³/mol. The van der Waals surface area contributed by atoms with Gasteiger partial charge in [0.2, 0.25) is 0 Å². The number of carbonyl (C=O) groups is 2. The first kappa shape index (κ1) is 24.7. The largest absolute Gasteiger partial charge is 0.507 e. The van der Waals surface area contributed by atoms with Crippen LogP contribution >= 0.6 is 0 Å². The Hall–Kier alpha value is -3.43. The van der Waals surface area contributed by atoms with Gasteiger partial charge in [-0.2, -0.15) is 0 Å². The van der Waals surface area contributed by atoms with Gasteiger partial charge in [0.1, 0.15) is 11.5 Å². The normalized spacial score (nSPS) is 20.3. The quantitative estimate of drug-likeness (QED) is 0.350. The molecule has 0 unspecified atom stereocenters. The molecule has 8 nitrogen and oxygen atoms in total. The summed E-state index contributed by atoms with van der Waals surface area (Å²) in [5.41, 5.74) is 0.663. The zero-order valence-corrected chi connectivity index (χ0v) is 19.8. The van der Waals surface area contributed by atoms with Crippen LogP contribution in [0.25, 0.3) is 5.76 Å². The van der Waals surface area contributed by atoms with Crippen molar-refractivity contribution in [1.82, 2.24) is 9.80 Å². The van der Waals surface area contributed by atoms with Gasteiger partial charge in [-0.15, -0.1) is 0 Å². The summed E-state index contributed by atoms with van der Waals surface area (Å²) < 4.78 is 29.9. The molecule has 0 bridgehead atoms. The molecule has 2 fully saturated rings. The Morgan fingerprint density at radius 2 is 1.77 bits per heavy atom. The van der Waals surface area contributed by atoms with Crippen LogP contribution in [-0.4, -0.2) is 80.2 Å². The molecule has 1 N–H and O–H groups in total. The Labute approximate surface area is 203 Å². The highest BCUT2D eigenvalue weighted by Crippen LogP contribution is 2.40. The molecule has 4 rings (SSSR count). The Bertz CT molecular complexity index is 1110. The number of carbonyl (C=O) groups excluding carboxylic acids is 2. The topological polar surface area (TPSA) is 88.5 Å². The third kappa shape index (κ3) is 5.16. The molecule has 0 aromatic heterocycles. The van der Waals surface area contributed by atoms with Crippen LogP contribution in [0.4, 0.5) is 4.39 Å². The molecule has 35 heavy (non-hydrogen) atoms. The van der Waals surface area contributed by atoms with Crippen LogP contribution in [0.2, 0.25) is 0 Å². The molecule has 0 spiro atoms. The summed E-state index contributed by atoms with van der Waals surface area (Å²) in [6.07, 6.45) is 0.650. The average molecular weight is 485 g/mol. The Kier molecular flexibility index (Phi) is 7.67. The van der Waals surface area contributed by atoms with E-state index in [1.807, 2.05) is 0 Å². The van der Waals surface area contributed by atoms with Gasteiger partial charge in [0.15, 0.2) is 11.6 Å². The Balaban J connectivity index is 1.69. The number of benzene rings is 2. The van der Waals surface area contributed by atoms with Gasteiger partial charge >= 0.3 is 0 Å². The number of likely N-dealkylation sites (tertiary alicyclic amines) is 1. The smallest absolute Gasteiger partial charge is 0.295 e. The van der Waals surface area contributed by atoms with E-state index in [0.717, 1.165) is 25.7 Å². The summed E-state index contributed by atoms with van der Waals surface area (Å²) in [7, 11) is 2.88. The van der Waals surface area contributed by atoms with Gasteiger partial charge in [-0.3, -0.25) is 14.5 Å². The molecule has 2 aromatic carbocycles. The highest BCUT2D eigenvalue weighted by molar-refractivity contribution is 6.46. The molecule has 0 radical (unpaired) electrons. The summed E-state index contributed by atoms with van der Waals surface area (Å²) in [5, 5.41) is 11.1. The number of aliphatic hydroxyl groups is 1. The van der Waals surface area contributed by atoms with Crippen molar-refractivity contribution < 1.29 is 33.3 Å². The molecule has 0 saturated carbocycles. The minimum atomic E-state index is -0.809. The summed E-state index contributed by atoms with van der Waals surface area (Å²) in [6.45, 7) is 4.08. The number of nitrogens with zero attached hydrogens (tertiary/aromatic N) is 2. The number of amides is 1. The maximum absolute atomic E-state index is 14.3. The van der Waals surface area contributed by atoms with Gasteiger partial charge < -0.3 is 24.2 Å². The number of hydrogen-bond donors (Lipinski definition) is 1. The number of morpholine rings is 1. The first-order chi connectivity index (χ1) is 16.9. The van der Waals surface area contributed by atoms with Crippen molar-refractivity contribution in [3.63, 3.8) is 0 Å². The lowest BCUT2D eigenvalue weighted by Crippen LogP contribution is -2.38. The van der Waals surface area contributed by atoms with Crippen molar-refractivity contribution in [2.75, 3.05) is 53.6 Å². The van der Waals surface area contributed by atoms with E-state index in [-0.39, 0.29) is 16.9 Å². The number of methoxy groups -OCH3 is 2. The highest BCUT2D eigenvalue weighted by atomic mass is 19.1. The molecule has 2 heterocycles. The summed E-state index contributed by atoms with van der Waals surface area (Å²) >= 11 is 0. The predicted octanol–water partition coefficient (Wildman–Crippen LogP) is 2.99. The van der Waals surface area contributed by atoms with E-state index in [1.165, 1.54) is 24.1 Å². The zero-order valence-electron chi connectivity index (χ0n) is 19.8. The fraction of sp³-hybridized carbons (Fsp3) is 0.385. The van der Waals surface area contributed by atoms with Crippen molar-refractivity contribution in [2.45, 2.75) is 12.5 Å². The van der Waals surface area contributed by atoms with E-state index in [2.05, 4.69) is 4.90 Å². The van der Waals surface area contributed by atoms with Crippen LogP contribution in [0.3, 0.4) is 0 Å². The van der Waals surface area contributed by atoms with E-state index in [1.54, 1.807) is 31.4 Å². The Morgan fingerprint density at radius 1 is 1.06 bits per heavy atom. The van der Waals surface area contributed by atoms with Crippen molar-refractivity contribution in [2.24, 2.45) is 0 Å². The second-order valence-electron chi connectivity index (χ2n) is 8.42. The molecular weight excluding hydrogens is 455 g/mol.